The van der Waals surface area contributed by atoms with Gasteiger partial charge >= 0.3 is 5.97 Å². The Bertz CT molecular complexity index is 1480. The van der Waals surface area contributed by atoms with Crippen molar-refractivity contribution in [3.8, 4) is 5.75 Å². The van der Waals surface area contributed by atoms with E-state index in [-0.39, 0.29) is 22.8 Å². The predicted octanol–water partition coefficient (Wildman–Crippen LogP) is 3.28. The zero-order valence-corrected chi connectivity index (χ0v) is 23.1. The van der Waals surface area contributed by atoms with E-state index in [1.165, 1.54) is 38.0 Å². The minimum absolute atomic E-state index is 0.0576. The molecular weight excluding hydrogens is 544 g/mol. The number of ether oxygens (including phenoxy) is 1. The number of aldehydes is 1. The number of carboxylic acid groups (broad SMARTS) is 1. The molecular formula is C26H30N4O7S2. The number of sulfonamides is 1. The van der Waals surface area contributed by atoms with Crippen molar-refractivity contribution >= 4 is 56.7 Å². The van der Waals surface area contributed by atoms with E-state index in [2.05, 4.69) is 10.0 Å². The van der Waals surface area contributed by atoms with Crippen molar-refractivity contribution in [2.24, 2.45) is 5.92 Å². The lowest BCUT2D eigenvalue weighted by molar-refractivity contribution is -0.138. The molecule has 2 atom stereocenters. The van der Waals surface area contributed by atoms with E-state index in [1.54, 1.807) is 18.7 Å². The lowest BCUT2D eigenvalue weighted by atomic mass is 10.2. The molecule has 3 N–H and O–H groups in total. The van der Waals surface area contributed by atoms with Crippen LogP contribution in [0.1, 0.15) is 33.1 Å². The molecule has 2 aromatic carbocycles. The van der Waals surface area contributed by atoms with Crippen LogP contribution in [-0.2, 0) is 31.0 Å². The Balaban J connectivity index is 1.62. The SMILES string of the molecule is CC(=O)Nc1ccc(S(=O)(=O)NC(C=O)CC(=O)O)c(O[C@H](C)Cn2c(SCC3CC3)nc3ccccc32)c1. The molecule has 1 saturated carbocycles. The van der Waals surface area contributed by atoms with Crippen molar-refractivity contribution in [2.45, 2.75) is 61.9 Å². The molecule has 1 aromatic heterocycles. The highest BCUT2D eigenvalue weighted by atomic mass is 32.2. The van der Waals surface area contributed by atoms with E-state index in [1.807, 2.05) is 28.8 Å². The number of fused-ring (bicyclic) bond motifs is 1. The molecule has 0 spiro atoms. The number of para-hydroxylation sites is 2. The van der Waals surface area contributed by atoms with Gasteiger partial charge in [0.15, 0.2) is 5.16 Å². The Morgan fingerprint density at radius 3 is 2.67 bits per heavy atom. The van der Waals surface area contributed by atoms with E-state index < -0.39 is 34.6 Å². The summed E-state index contributed by atoms with van der Waals surface area (Å²) in [6.45, 7) is 3.47. The summed E-state index contributed by atoms with van der Waals surface area (Å²) in [4.78, 5) is 38.5. The number of nitrogens with zero attached hydrogens (tertiary/aromatic N) is 2. The monoisotopic (exact) mass is 574 g/mol. The zero-order valence-electron chi connectivity index (χ0n) is 21.5. The number of benzene rings is 2. The smallest absolute Gasteiger partial charge is 0.305 e. The molecule has 208 valence electrons. The van der Waals surface area contributed by atoms with E-state index in [0.29, 0.717) is 18.2 Å². The third-order valence-corrected chi connectivity index (χ3v) is 8.69. The molecule has 0 bridgehead atoms. The Morgan fingerprint density at radius 1 is 1.26 bits per heavy atom. The first-order valence-electron chi connectivity index (χ1n) is 12.4. The van der Waals surface area contributed by atoms with Crippen LogP contribution in [0.15, 0.2) is 52.5 Å². The van der Waals surface area contributed by atoms with Gasteiger partial charge < -0.3 is 24.5 Å². The fourth-order valence-corrected chi connectivity index (χ4v) is 6.49. The Hall–Kier alpha value is -3.42. The topological polar surface area (TPSA) is 157 Å². The molecule has 3 aromatic rings. The van der Waals surface area contributed by atoms with Gasteiger partial charge in [-0.3, -0.25) is 9.59 Å². The molecule has 4 rings (SSSR count). The molecule has 1 amide bonds. The molecule has 0 aliphatic heterocycles. The predicted molar refractivity (Wildman–Crippen MR) is 146 cm³/mol. The number of hydrogen-bond donors (Lipinski definition) is 3. The van der Waals surface area contributed by atoms with Gasteiger partial charge in [0.2, 0.25) is 15.9 Å². The molecule has 1 heterocycles. The number of nitrogens with one attached hydrogen (secondary N) is 2. The molecule has 1 aliphatic rings. The van der Waals surface area contributed by atoms with Crippen molar-refractivity contribution in [3.05, 3.63) is 42.5 Å². The van der Waals surface area contributed by atoms with Crippen LogP contribution in [0.25, 0.3) is 11.0 Å². The summed E-state index contributed by atoms with van der Waals surface area (Å²) < 4.78 is 36.6. The fraction of sp³-hybridized carbons (Fsp3) is 0.385. The van der Waals surface area contributed by atoms with Gasteiger partial charge in [0.25, 0.3) is 0 Å². The quantitative estimate of drug-likeness (QED) is 0.194. The summed E-state index contributed by atoms with van der Waals surface area (Å²) in [5.74, 6) is -0.0706. The van der Waals surface area contributed by atoms with Crippen molar-refractivity contribution in [3.63, 3.8) is 0 Å². The molecule has 1 aliphatic carbocycles. The summed E-state index contributed by atoms with van der Waals surface area (Å²) in [7, 11) is -4.36. The standard InChI is InChI=1S/C26H30N4O7S2/c1-16(13-30-22-6-4-3-5-21(22)28-26(30)38-15-18-7-8-18)37-23-11-19(27-17(2)32)9-10-24(23)39(35,36)29-20(14-31)12-25(33)34/h3-6,9-11,14,16,18,20,29H,7-8,12-13,15H2,1-2H3,(H,27,32)(H,33,34)/t16-,20?/m1/s1. The van der Waals surface area contributed by atoms with Crippen molar-refractivity contribution in [2.75, 3.05) is 11.1 Å². The Kier molecular flexibility index (Phi) is 8.93. The lowest BCUT2D eigenvalue weighted by Gasteiger charge is -2.21. The molecule has 1 fully saturated rings. The number of thioether (sulfide) groups is 1. The normalized spacial score (nSPS) is 15.0. The van der Waals surface area contributed by atoms with Crippen molar-refractivity contribution in [1.82, 2.24) is 14.3 Å². The van der Waals surface area contributed by atoms with Crippen LogP contribution in [0.5, 0.6) is 5.75 Å². The van der Waals surface area contributed by atoms with E-state index in [9.17, 15) is 22.8 Å². The summed E-state index contributed by atoms with van der Waals surface area (Å²) in [5.41, 5.74) is 2.09. The van der Waals surface area contributed by atoms with E-state index in [4.69, 9.17) is 14.8 Å². The van der Waals surface area contributed by atoms with Gasteiger partial charge in [-0.1, -0.05) is 23.9 Å². The minimum Gasteiger partial charge on any atom is -0.487 e. The maximum Gasteiger partial charge on any atom is 0.305 e. The third-order valence-electron chi connectivity index (χ3n) is 5.95. The van der Waals surface area contributed by atoms with Gasteiger partial charge in [0.05, 0.1) is 30.0 Å². The van der Waals surface area contributed by atoms with E-state index in [0.717, 1.165) is 21.9 Å². The van der Waals surface area contributed by atoms with Crippen LogP contribution in [0.2, 0.25) is 0 Å². The van der Waals surface area contributed by atoms with Crippen molar-refractivity contribution in [1.29, 1.82) is 0 Å². The molecule has 1 unspecified atom stereocenters. The molecule has 39 heavy (non-hydrogen) atoms. The number of aromatic nitrogens is 2. The molecule has 13 heteroatoms. The summed E-state index contributed by atoms with van der Waals surface area (Å²) in [5, 5.41) is 12.5. The minimum atomic E-state index is -4.36. The molecule has 0 saturated heterocycles. The maximum absolute atomic E-state index is 13.2. The average molecular weight is 575 g/mol. The van der Waals surface area contributed by atoms with Gasteiger partial charge in [0, 0.05) is 24.4 Å². The number of anilines is 1. The second-order valence-electron chi connectivity index (χ2n) is 9.48. The third kappa shape index (κ3) is 7.58. The number of amides is 1. The number of carbonyl (C=O) groups is 3. The number of rotatable bonds is 14. The largest absolute Gasteiger partial charge is 0.487 e. The van der Waals surface area contributed by atoms with Crippen LogP contribution in [-0.4, -0.2) is 59.1 Å². The van der Waals surface area contributed by atoms with Gasteiger partial charge in [-0.15, -0.1) is 0 Å². The van der Waals surface area contributed by atoms with Crippen LogP contribution < -0.4 is 14.8 Å². The zero-order chi connectivity index (χ0) is 28.2. The number of aliphatic carboxylic acids is 1. The maximum atomic E-state index is 13.2. The Labute approximate surface area is 230 Å². The number of carboxylic acids is 1. The van der Waals surface area contributed by atoms with Gasteiger partial charge in [0.1, 0.15) is 23.0 Å². The van der Waals surface area contributed by atoms with Crippen molar-refractivity contribution < 1.29 is 32.6 Å². The average Bonchev–Trinajstić information content (AvgIpc) is 3.63. The number of hydrogen-bond acceptors (Lipinski definition) is 8. The van der Waals surface area contributed by atoms with Crippen LogP contribution >= 0.6 is 11.8 Å². The van der Waals surface area contributed by atoms with Crippen LogP contribution in [0, 0.1) is 5.92 Å². The van der Waals surface area contributed by atoms with Gasteiger partial charge in [-0.25, -0.2) is 18.1 Å². The first-order chi connectivity index (χ1) is 18.6. The summed E-state index contributed by atoms with van der Waals surface area (Å²) >= 11 is 1.68. The second-order valence-corrected chi connectivity index (χ2v) is 12.2. The van der Waals surface area contributed by atoms with Crippen LogP contribution in [0.3, 0.4) is 0 Å². The second kappa shape index (κ2) is 12.2. The van der Waals surface area contributed by atoms with Gasteiger partial charge in [-0.2, -0.15) is 0 Å². The number of carbonyl (C=O) groups excluding carboxylic acids is 2. The fourth-order valence-electron chi connectivity index (χ4n) is 4.00. The van der Waals surface area contributed by atoms with E-state index >= 15 is 0 Å². The first kappa shape index (κ1) is 28.6. The highest BCUT2D eigenvalue weighted by molar-refractivity contribution is 7.99. The lowest BCUT2D eigenvalue weighted by Crippen LogP contribution is -2.37. The van der Waals surface area contributed by atoms with Gasteiger partial charge in [-0.05, 0) is 49.9 Å². The highest BCUT2D eigenvalue weighted by Gasteiger charge is 2.27. The molecule has 11 nitrogen and oxygen atoms in total. The highest BCUT2D eigenvalue weighted by Crippen LogP contribution is 2.36. The van der Waals surface area contributed by atoms with Crippen LogP contribution in [0.4, 0.5) is 5.69 Å². The summed E-state index contributed by atoms with van der Waals surface area (Å²) in [6.07, 6.45) is 1.42. The number of imidazole rings is 1. The summed E-state index contributed by atoms with van der Waals surface area (Å²) in [6, 6.07) is 10.3. The molecule has 0 radical (unpaired) electrons. The first-order valence-corrected chi connectivity index (χ1v) is 14.9. The Morgan fingerprint density at radius 2 is 2.00 bits per heavy atom.